The van der Waals surface area contributed by atoms with Gasteiger partial charge in [0.25, 0.3) is 0 Å². The Morgan fingerprint density at radius 3 is 2.53 bits per heavy atom. The minimum absolute atomic E-state index is 0.611. The van der Waals surface area contributed by atoms with Crippen molar-refractivity contribution in [1.29, 1.82) is 0 Å². The fourth-order valence-electron chi connectivity index (χ4n) is 2.10. The molecule has 0 aliphatic carbocycles. The van der Waals surface area contributed by atoms with Crippen LogP contribution in [0.15, 0.2) is 24.3 Å². The van der Waals surface area contributed by atoms with E-state index in [2.05, 4.69) is 48.3 Å². The minimum Gasteiger partial charge on any atom is -0.378 e. The van der Waals surface area contributed by atoms with Gasteiger partial charge in [-0.2, -0.15) is 0 Å². The largest absolute Gasteiger partial charge is 0.378 e. The van der Waals surface area contributed by atoms with E-state index in [4.69, 9.17) is 17.0 Å². The fraction of sp³-hybridized carbons (Fsp3) is 0.533. The van der Waals surface area contributed by atoms with E-state index in [9.17, 15) is 0 Å². The normalized spacial score (nSPS) is 17.1. The van der Waals surface area contributed by atoms with E-state index in [0.29, 0.717) is 5.92 Å². The van der Waals surface area contributed by atoms with Gasteiger partial charge in [-0.25, -0.2) is 0 Å². The van der Waals surface area contributed by atoms with Crippen molar-refractivity contribution in [1.82, 2.24) is 4.90 Å². The topological polar surface area (TPSA) is 24.5 Å². The van der Waals surface area contributed by atoms with Crippen LogP contribution in [0, 0.1) is 0 Å². The summed E-state index contributed by atoms with van der Waals surface area (Å²) in [6.07, 6.45) is 1.17. The van der Waals surface area contributed by atoms with Gasteiger partial charge in [-0.05, 0) is 42.3 Å². The van der Waals surface area contributed by atoms with Gasteiger partial charge in [-0.15, -0.1) is 0 Å². The third-order valence-electron chi connectivity index (χ3n) is 3.64. The molecule has 0 amide bonds. The van der Waals surface area contributed by atoms with Crippen molar-refractivity contribution in [2.24, 2.45) is 0 Å². The molecule has 2 rings (SSSR count). The van der Waals surface area contributed by atoms with Gasteiger partial charge in [0.05, 0.1) is 13.2 Å². The molecule has 1 aliphatic heterocycles. The molecular formula is C15H22N2OS. The van der Waals surface area contributed by atoms with Gasteiger partial charge in [0.2, 0.25) is 0 Å². The molecule has 19 heavy (non-hydrogen) atoms. The lowest BCUT2D eigenvalue weighted by atomic mass is 9.99. The van der Waals surface area contributed by atoms with Crippen molar-refractivity contribution in [3.63, 3.8) is 0 Å². The van der Waals surface area contributed by atoms with Crippen molar-refractivity contribution < 1.29 is 4.74 Å². The molecule has 0 radical (unpaired) electrons. The van der Waals surface area contributed by atoms with Crippen molar-refractivity contribution >= 4 is 23.0 Å². The van der Waals surface area contributed by atoms with Crippen LogP contribution in [0.3, 0.4) is 0 Å². The summed E-state index contributed by atoms with van der Waals surface area (Å²) in [7, 11) is 0. The molecule has 3 nitrogen and oxygen atoms in total. The average molecular weight is 278 g/mol. The Labute approximate surface area is 120 Å². The number of rotatable bonds is 3. The third-order valence-corrected chi connectivity index (χ3v) is 4.00. The van der Waals surface area contributed by atoms with Gasteiger partial charge in [0.1, 0.15) is 0 Å². The van der Waals surface area contributed by atoms with Crippen LogP contribution in [-0.2, 0) is 4.74 Å². The Hall–Kier alpha value is -1.13. The molecule has 0 bridgehead atoms. The molecule has 1 saturated heterocycles. The zero-order chi connectivity index (χ0) is 13.7. The van der Waals surface area contributed by atoms with Gasteiger partial charge in [-0.3, -0.25) is 0 Å². The highest BCUT2D eigenvalue weighted by molar-refractivity contribution is 7.80. The van der Waals surface area contributed by atoms with E-state index in [1.54, 1.807) is 0 Å². The zero-order valence-electron chi connectivity index (χ0n) is 11.7. The molecule has 1 unspecified atom stereocenters. The molecular weight excluding hydrogens is 256 g/mol. The second-order valence-electron chi connectivity index (χ2n) is 4.96. The van der Waals surface area contributed by atoms with Crippen LogP contribution in [0.2, 0.25) is 0 Å². The first kappa shape index (κ1) is 14.3. The van der Waals surface area contributed by atoms with E-state index >= 15 is 0 Å². The predicted molar refractivity (Wildman–Crippen MR) is 83.8 cm³/mol. The molecule has 1 heterocycles. The Morgan fingerprint density at radius 2 is 1.95 bits per heavy atom. The number of thiocarbonyl (C=S) groups is 1. The summed E-state index contributed by atoms with van der Waals surface area (Å²) in [6, 6.07) is 8.57. The van der Waals surface area contributed by atoms with Gasteiger partial charge >= 0.3 is 0 Å². The summed E-state index contributed by atoms with van der Waals surface area (Å²) in [4.78, 5) is 2.15. The summed E-state index contributed by atoms with van der Waals surface area (Å²) < 4.78 is 5.33. The first-order valence-electron chi connectivity index (χ1n) is 6.94. The van der Waals surface area contributed by atoms with E-state index < -0.39 is 0 Å². The molecule has 0 spiro atoms. The third kappa shape index (κ3) is 3.91. The second kappa shape index (κ2) is 6.87. The van der Waals surface area contributed by atoms with Crippen LogP contribution < -0.4 is 5.32 Å². The number of morpholine rings is 1. The number of benzene rings is 1. The van der Waals surface area contributed by atoms with Crippen LogP contribution in [0.5, 0.6) is 0 Å². The van der Waals surface area contributed by atoms with E-state index in [1.165, 1.54) is 12.0 Å². The van der Waals surface area contributed by atoms with Crippen LogP contribution in [0.4, 0.5) is 5.69 Å². The molecule has 0 saturated carbocycles. The average Bonchev–Trinajstić information content (AvgIpc) is 2.48. The molecule has 4 heteroatoms. The van der Waals surface area contributed by atoms with Crippen LogP contribution in [0.25, 0.3) is 0 Å². The second-order valence-corrected chi connectivity index (χ2v) is 5.35. The lowest BCUT2D eigenvalue weighted by Gasteiger charge is -2.29. The predicted octanol–water partition coefficient (Wildman–Crippen LogP) is 3.23. The molecule has 1 aromatic rings. The maximum absolute atomic E-state index is 5.42. The Bertz CT molecular complexity index is 413. The first-order valence-corrected chi connectivity index (χ1v) is 7.35. The number of hydrogen-bond acceptors (Lipinski definition) is 2. The molecule has 1 fully saturated rings. The fourth-order valence-corrected chi connectivity index (χ4v) is 2.40. The van der Waals surface area contributed by atoms with Crippen molar-refractivity contribution in [2.45, 2.75) is 26.2 Å². The maximum atomic E-state index is 5.42. The molecule has 104 valence electrons. The molecule has 1 aromatic carbocycles. The SMILES string of the molecule is CCC(C)c1ccc(NC(=S)N2CCOCC2)cc1. The van der Waals surface area contributed by atoms with Gasteiger partial charge in [0, 0.05) is 18.8 Å². The number of anilines is 1. The Balaban J connectivity index is 1.93. The van der Waals surface area contributed by atoms with Crippen molar-refractivity contribution in [3.8, 4) is 0 Å². The Kier molecular flexibility index (Phi) is 5.16. The highest BCUT2D eigenvalue weighted by Gasteiger charge is 2.13. The lowest BCUT2D eigenvalue weighted by molar-refractivity contribution is 0.0690. The lowest BCUT2D eigenvalue weighted by Crippen LogP contribution is -2.42. The van der Waals surface area contributed by atoms with Gasteiger partial charge in [0.15, 0.2) is 5.11 Å². The molecule has 1 aliphatic rings. The highest BCUT2D eigenvalue weighted by atomic mass is 32.1. The van der Waals surface area contributed by atoms with E-state index in [-0.39, 0.29) is 0 Å². The van der Waals surface area contributed by atoms with Crippen LogP contribution in [-0.4, -0.2) is 36.3 Å². The summed E-state index contributed by atoms with van der Waals surface area (Å²) in [5.74, 6) is 0.611. The molecule has 1 atom stereocenters. The first-order chi connectivity index (χ1) is 9.20. The number of nitrogens with one attached hydrogen (secondary N) is 1. The van der Waals surface area contributed by atoms with E-state index in [1.807, 2.05) is 0 Å². The molecule has 1 N–H and O–H groups in total. The standard InChI is InChI=1S/C15H22N2OS/c1-3-12(2)13-4-6-14(7-5-13)16-15(19)17-8-10-18-11-9-17/h4-7,12H,3,8-11H2,1-2H3,(H,16,19). The van der Waals surface area contributed by atoms with Crippen molar-refractivity contribution in [3.05, 3.63) is 29.8 Å². The summed E-state index contributed by atoms with van der Waals surface area (Å²) in [6.45, 7) is 7.72. The highest BCUT2D eigenvalue weighted by Crippen LogP contribution is 2.20. The summed E-state index contributed by atoms with van der Waals surface area (Å²) in [5, 5.41) is 4.09. The van der Waals surface area contributed by atoms with E-state index in [0.717, 1.165) is 37.1 Å². The smallest absolute Gasteiger partial charge is 0.173 e. The number of ether oxygens (including phenoxy) is 1. The van der Waals surface area contributed by atoms with Gasteiger partial charge in [-0.1, -0.05) is 26.0 Å². The molecule has 0 aromatic heterocycles. The maximum Gasteiger partial charge on any atom is 0.173 e. The number of nitrogens with zero attached hydrogens (tertiary/aromatic N) is 1. The quantitative estimate of drug-likeness (QED) is 0.858. The van der Waals surface area contributed by atoms with Crippen LogP contribution >= 0.6 is 12.2 Å². The van der Waals surface area contributed by atoms with Crippen LogP contribution in [0.1, 0.15) is 31.7 Å². The van der Waals surface area contributed by atoms with Crippen molar-refractivity contribution in [2.75, 3.05) is 31.6 Å². The number of hydrogen-bond donors (Lipinski definition) is 1. The minimum atomic E-state index is 0.611. The zero-order valence-corrected chi connectivity index (χ0v) is 12.5. The summed E-state index contributed by atoms with van der Waals surface area (Å²) in [5.41, 5.74) is 2.44. The summed E-state index contributed by atoms with van der Waals surface area (Å²) >= 11 is 5.42. The van der Waals surface area contributed by atoms with Gasteiger partial charge < -0.3 is 15.0 Å². The Morgan fingerprint density at radius 1 is 1.32 bits per heavy atom. The monoisotopic (exact) mass is 278 g/mol.